The standard InChI is InChI=1S/C13H17BrFNO/c1-4-13(2,3)8-16-12(17)10-7-9(15)5-6-11(10)14/h5-7H,4,8H2,1-3H3,(H,16,17). The van der Waals surface area contributed by atoms with Crippen LogP contribution in [0.5, 0.6) is 0 Å². The summed E-state index contributed by atoms with van der Waals surface area (Å²) in [6.07, 6.45) is 0.970. The van der Waals surface area contributed by atoms with Crippen molar-refractivity contribution in [1.29, 1.82) is 0 Å². The lowest BCUT2D eigenvalue weighted by Crippen LogP contribution is -2.33. The number of benzene rings is 1. The molecule has 1 aromatic carbocycles. The number of hydrogen-bond donors (Lipinski definition) is 1. The molecule has 17 heavy (non-hydrogen) atoms. The molecule has 0 unspecified atom stereocenters. The molecule has 0 radical (unpaired) electrons. The Bertz CT molecular complexity index is 418. The van der Waals surface area contributed by atoms with E-state index in [1.807, 2.05) is 0 Å². The molecule has 0 saturated heterocycles. The van der Waals surface area contributed by atoms with Gasteiger partial charge in [-0.15, -0.1) is 0 Å². The molecule has 0 aliphatic carbocycles. The molecule has 1 amide bonds. The second-order valence-electron chi connectivity index (χ2n) is 4.82. The Hall–Kier alpha value is -0.900. The van der Waals surface area contributed by atoms with Gasteiger partial charge in [0.1, 0.15) is 5.82 Å². The molecule has 1 aromatic rings. The molecule has 0 aliphatic rings. The minimum atomic E-state index is -0.409. The average molecular weight is 302 g/mol. The summed E-state index contributed by atoms with van der Waals surface area (Å²) in [7, 11) is 0. The Kier molecular flexibility index (Phi) is 4.69. The largest absolute Gasteiger partial charge is 0.351 e. The van der Waals surface area contributed by atoms with Crippen LogP contribution in [0.2, 0.25) is 0 Å². The van der Waals surface area contributed by atoms with Crippen LogP contribution in [0.25, 0.3) is 0 Å². The number of nitrogens with one attached hydrogen (secondary N) is 1. The Morgan fingerprint density at radius 3 is 2.71 bits per heavy atom. The summed E-state index contributed by atoms with van der Waals surface area (Å²) in [5.41, 5.74) is 0.382. The molecule has 0 aliphatic heterocycles. The van der Waals surface area contributed by atoms with Gasteiger partial charge in [-0.3, -0.25) is 4.79 Å². The third-order valence-corrected chi connectivity index (χ3v) is 3.55. The molecule has 0 saturated carbocycles. The van der Waals surface area contributed by atoms with Gasteiger partial charge in [0, 0.05) is 11.0 Å². The predicted molar refractivity (Wildman–Crippen MR) is 70.5 cm³/mol. The van der Waals surface area contributed by atoms with Crippen LogP contribution >= 0.6 is 15.9 Å². The third-order valence-electron chi connectivity index (χ3n) is 2.86. The monoisotopic (exact) mass is 301 g/mol. The number of rotatable bonds is 4. The van der Waals surface area contributed by atoms with Gasteiger partial charge >= 0.3 is 0 Å². The second kappa shape index (κ2) is 5.63. The predicted octanol–water partition coefficient (Wildman–Crippen LogP) is 3.75. The van der Waals surface area contributed by atoms with E-state index < -0.39 is 5.82 Å². The lowest BCUT2D eigenvalue weighted by Gasteiger charge is -2.22. The molecule has 1 rings (SSSR count). The number of hydrogen-bond acceptors (Lipinski definition) is 1. The molecule has 0 fully saturated rings. The lowest BCUT2D eigenvalue weighted by molar-refractivity contribution is 0.0934. The van der Waals surface area contributed by atoms with Crippen molar-refractivity contribution in [2.45, 2.75) is 27.2 Å². The van der Waals surface area contributed by atoms with Crippen molar-refractivity contribution in [1.82, 2.24) is 5.32 Å². The number of carbonyl (C=O) groups is 1. The van der Waals surface area contributed by atoms with Crippen molar-refractivity contribution < 1.29 is 9.18 Å². The zero-order chi connectivity index (χ0) is 13.1. The third kappa shape index (κ3) is 4.11. The Labute approximate surface area is 110 Å². The van der Waals surface area contributed by atoms with Crippen LogP contribution in [0.4, 0.5) is 4.39 Å². The normalized spacial score (nSPS) is 11.4. The van der Waals surface area contributed by atoms with Gasteiger partial charge in [-0.1, -0.05) is 20.8 Å². The van der Waals surface area contributed by atoms with Crippen molar-refractivity contribution in [3.8, 4) is 0 Å². The summed E-state index contributed by atoms with van der Waals surface area (Å²) in [6.45, 7) is 6.80. The maximum absolute atomic E-state index is 13.0. The maximum Gasteiger partial charge on any atom is 0.252 e. The molecule has 0 spiro atoms. The quantitative estimate of drug-likeness (QED) is 0.901. The first-order valence-electron chi connectivity index (χ1n) is 5.59. The van der Waals surface area contributed by atoms with Crippen LogP contribution in [0.1, 0.15) is 37.6 Å². The van der Waals surface area contributed by atoms with Crippen molar-refractivity contribution in [2.75, 3.05) is 6.54 Å². The smallest absolute Gasteiger partial charge is 0.252 e. The van der Waals surface area contributed by atoms with Crippen molar-refractivity contribution in [3.05, 3.63) is 34.1 Å². The van der Waals surface area contributed by atoms with Gasteiger partial charge in [0.25, 0.3) is 5.91 Å². The molecule has 94 valence electrons. The van der Waals surface area contributed by atoms with E-state index in [4.69, 9.17) is 0 Å². The van der Waals surface area contributed by atoms with Gasteiger partial charge < -0.3 is 5.32 Å². The summed E-state index contributed by atoms with van der Waals surface area (Å²) in [4.78, 5) is 11.9. The van der Waals surface area contributed by atoms with Gasteiger partial charge in [-0.25, -0.2) is 4.39 Å². The summed E-state index contributed by atoms with van der Waals surface area (Å²) >= 11 is 3.24. The Morgan fingerprint density at radius 1 is 1.47 bits per heavy atom. The van der Waals surface area contributed by atoms with Crippen LogP contribution in [-0.2, 0) is 0 Å². The number of carbonyl (C=O) groups excluding carboxylic acids is 1. The van der Waals surface area contributed by atoms with E-state index in [2.05, 4.69) is 42.0 Å². The second-order valence-corrected chi connectivity index (χ2v) is 5.68. The highest BCUT2D eigenvalue weighted by Crippen LogP contribution is 2.20. The van der Waals surface area contributed by atoms with Crippen molar-refractivity contribution in [3.63, 3.8) is 0 Å². The molecule has 0 atom stereocenters. The van der Waals surface area contributed by atoms with Gasteiger partial charge in [0.15, 0.2) is 0 Å². The van der Waals surface area contributed by atoms with Crippen LogP contribution in [0, 0.1) is 11.2 Å². The van der Waals surface area contributed by atoms with E-state index in [1.54, 1.807) is 0 Å². The summed E-state index contributed by atoms with van der Waals surface area (Å²) in [5, 5.41) is 2.82. The van der Waals surface area contributed by atoms with Gasteiger partial charge in [-0.2, -0.15) is 0 Å². The molecule has 0 heterocycles. The van der Waals surface area contributed by atoms with Crippen LogP contribution in [0.15, 0.2) is 22.7 Å². The summed E-state index contributed by atoms with van der Waals surface area (Å²) in [6, 6.07) is 4.09. The summed E-state index contributed by atoms with van der Waals surface area (Å²) < 4.78 is 13.6. The lowest BCUT2D eigenvalue weighted by atomic mass is 9.90. The van der Waals surface area contributed by atoms with Crippen LogP contribution in [0.3, 0.4) is 0 Å². The minimum Gasteiger partial charge on any atom is -0.351 e. The molecule has 4 heteroatoms. The first-order chi connectivity index (χ1) is 7.85. The van der Waals surface area contributed by atoms with Gasteiger partial charge in [0.05, 0.1) is 5.56 Å². The van der Waals surface area contributed by atoms with Gasteiger partial charge in [-0.05, 0) is 46.0 Å². The molecule has 1 N–H and O–H groups in total. The fourth-order valence-electron chi connectivity index (χ4n) is 1.21. The van der Waals surface area contributed by atoms with E-state index >= 15 is 0 Å². The Balaban J connectivity index is 2.74. The highest BCUT2D eigenvalue weighted by Gasteiger charge is 2.18. The molecule has 0 aromatic heterocycles. The molecule has 0 bridgehead atoms. The van der Waals surface area contributed by atoms with E-state index in [0.29, 0.717) is 16.6 Å². The van der Waals surface area contributed by atoms with E-state index in [1.165, 1.54) is 18.2 Å². The highest BCUT2D eigenvalue weighted by atomic mass is 79.9. The first-order valence-corrected chi connectivity index (χ1v) is 6.38. The van der Waals surface area contributed by atoms with E-state index in [9.17, 15) is 9.18 Å². The van der Waals surface area contributed by atoms with Crippen LogP contribution in [-0.4, -0.2) is 12.5 Å². The highest BCUT2D eigenvalue weighted by molar-refractivity contribution is 9.10. The topological polar surface area (TPSA) is 29.1 Å². The fourth-order valence-corrected chi connectivity index (χ4v) is 1.64. The van der Waals surface area contributed by atoms with Gasteiger partial charge in [0.2, 0.25) is 0 Å². The average Bonchev–Trinajstić information content (AvgIpc) is 2.29. The number of halogens is 2. The zero-order valence-electron chi connectivity index (χ0n) is 10.3. The first kappa shape index (κ1) is 14.2. The fraction of sp³-hybridized carbons (Fsp3) is 0.462. The van der Waals surface area contributed by atoms with E-state index in [0.717, 1.165) is 6.42 Å². The summed E-state index contributed by atoms with van der Waals surface area (Å²) in [5.74, 6) is -0.661. The number of amides is 1. The van der Waals surface area contributed by atoms with Crippen LogP contribution < -0.4 is 5.32 Å². The molecular formula is C13H17BrFNO. The van der Waals surface area contributed by atoms with Crippen molar-refractivity contribution in [2.24, 2.45) is 5.41 Å². The minimum absolute atomic E-state index is 0.0511. The maximum atomic E-state index is 13.0. The SMILES string of the molecule is CCC(C)(C)CNC(=O)c1cc(F)ccc1Br. The van der Waals surface area contributed by atoms with Crippen molar-refractivity contribution >= 4 is 21.8 Å². The molecule has 2 nitrogen and oxygen atoms in total. The van der Waals surface area contributed by atoms with E-state index in [-0.39, 0.29) is 11.3 Å². The molecular weight excluding hydrogens is 285 g/mol. The zero-order valence-corrected chi connectivity index (χ0v) is 11.9. The Morgan fingerprint density at radius 2 is 2.12 bits per heavy atom.